The fraction of sp³-hybridized carbons (Fsp3) is 0.400. The minimum absolute atomic E-state index is 0.229. The van der Waals surface area contributed by atoms with Gasteiger partial charge in [-0.15, -0.1) is 0 Å². The van der Waals surface area contributed by atoms with Crippen molar-refractivity contribution >= 4 is 35.2 Å². The van der Waals surface area contributed by atoms with Gasteiger partial charge in [-0.05, 0) is 42.7 Å². The summed E-state index contributed by atoms with van der Waals surface area (Å²) in [5.41, 5.74) is -0.174. The van der Waals surface area contributed by atoms with E-state index in [1.165, 1.54) is 6.08 Å². The molecule has 0 radical (unpaired) electrons. The average Bonchev–Trinajstić information content (AvgIpc) is 2.45. The van der Waals surface area contributed by atoms with Crippen LogP contribution in [-0.4, -0.2) is 23.2 Å². The van der Waals surface area contributed by atoms with E-state index < -0.39 is 5.60 Å². The van der Waals surface area contributed by atoms with Gasteiger partial charge in [0.05, 0.1) is 5.60 Å². The predicted octanol–water partition coefficient (Wildman–Crippen LogP) is 3.67. The topological polar surface area (TPSA) is 49.3 Å². The Morgan fingerprint density at radius 2 is 2.00 bits per heavy atom. The van der Waals surface area contributed by atoms with Crippen LogP contribution in [-0.2, 0) is 4.79 Å². The molecule has 2 N–H and O–H groups in total. The molecule has 1 rings (SSSR count). The van der Waals surface area contributed by atoms with Crippen molar-refractivity contribution in [1.29, 1.82) is 0 Å². The molecule has 0 heterocycles. The van der Waals surface area contributed by atoms with Gasteiger partial charge in [-0.1, -0.05) is 37.0 Å². The lowest BCUT2D eigenvalue weighted by atomic mass is 9.98. The van der Waals surface area contributed by atoms with Gasteiger partial charge in [-0.2, -0.15) is 0 Å². The molecule has 0 aliphatic heterocycles. The highest BCUT2D eigenvalue weighted by atomic mass is 35.5. The number of benzene rings is 1. The van der Waals surface area contributed by atoms with E-state index in [4.69, 9.17) is 23.2 Å². The minimum Gasteiger partial charge on any atom is -0.388 e. The molecule has 0 saturated carbocycles. The number of carbonyl (C=O) groups is 1. The molecule has 0 bridgehead atoms. The Labute approximate surface area is 129 Å². The van der Waals surface area contributed by atoms with E-state index in [-0.39, 0.29) is 12.5 Å². The lowest BCUT2D eigenvalue weighted by molar-refractivity contribution is -0.117. The van der Waals surface area contributed by atoms with Crippen LogP contribution < -0.4 is 5.32 Å². The number of carbonyl (C=O) groups excluding carboxylic acids is 1. The quantitative estimate of drug-likeness (QED) is 0.787. The fourth-order valence-corrected chi connectivity index (χ4v) is 1.98. The molecule has 0 unspecified atom stereocenters. The number of amides is 1. The molecule has 0 aliphatic rings. The lowest BCUT2D eigenvalue weighted by Crippen LogP contribution is -2.41. The smallest absolute Gasteiger partial charge is 0.244 e. The Hall–Kier alpha value is -1.03. The normalized spacial score (nSPS) is 11.8. The highest BCUT2D eigenvalue weighted by molar-refractivity contribution is 6.34. The second-order valence-electron chi connectivity index (χ2n) is 4.65. The van der Waals surface area contributed by atoms with Crippen molar-refractivity contribution in [3.63, 3.8) is 0 Å². The predicted molar refractivity (Wildman–Crippen MR) is 84.0 cm³/mol. The molecule has 110 valence electrons. The Bertz CT molecular complexity index is 497. The van der Waals surface area contributed by atoms with Gasteiger partial charge in [0.15, 0.2) is 0 Å². The summed E-state index contributed by atoms with van der Waals surface area (Å²) >= 11 is 11.9. The highest BCUT2D eigenvalue weighted by Crippen LogP contribution is 2.21. The number of nitrogens with one attached hydrogen (secondary N) is 1. The Morgan fingerprint density at radius 3 is 2.60 bits per heavy atom. The van der Waals surface area contributed by atoms with Crippen LogP contribution >= 0.6 is 23.2 Å². The summed E-state index contributed by atoms with van der Waals surface area (Å²) in [7, 11) is 0. The van der Waals surface area contributed by atoms with E-state index in [0.29, 0.717) is 28.5 Å². The average molecular weight is 316 g/mol. The Balaban J connectivity index is 2.62. The van der Waals surface area contributed by atoms with E-state index in [1.807, 2.05) is 13.8 Å². The van der Waals surface area contributed by atoms with Crippen LogP contribution in [0.5, 0.6) is 0 Å². The molecule has 0 atom stereocenters. The maximum Gasteiger partial charge on any atom is 0.244 e. The van der Waals surface area contributed by atoms with E-state index in [9.17, 15) is 9.90 Å². The Morgan fingerprint density at radius 1 is 1.35 bits per heavy atom. The molecule has 0 aromatic heterocycles. The van der Waals surface area contributed by atoms with Crippen molar-refractivity contribution in [3.05, 3.63) is 39.9 Å². The van der Waals surface area contributed by atoms with Crippen LogP contribution in [0, 0.1) is 0 Å². The summed E-state index contributed by atoms with van der Waals surface area (Å²) in [6.07, 6.45) is 4.16. The van der Waals surface area contributed by atoms with Crippen LogP contribution in [0.2, 0.25) is 10.0 Å². The van der Waals surface area contributed by atoms with Crippen LogP contribution in [0.4, 0.5) is 0 Å². The third-order valence-corrected chi connectivity index (χ3v) is 3.86. The van der Waals surface area contributed by atoms with E-state index in [1.54, 1.807) is 24.3 Å². The SMILES string of the molecule is CCC(O)(CC)CNC(=O)C=Cc1cc(Cl)ccc1Cl. The zero-order chi connectivity index (χ0) is 15.2. The van der Waals surface area contributed by atoms with Gasteiger partial charge in [-0.25, -0.2) is 0 Å². The van der Waals surface area contributed by atoms with Crippen molar-refractivity contribution in [2.45, 2.75) is 32.3 Å². The standard InChI is InChI=1S/C15H19Cl2NO2/c1-3-15(20,4-2)10-18-14(19)8-5-11-9-12(16)6-7-13(11)17/h5-9,20H,3-4,10H2,1-2H3,(H,18,19). The summed E-state index contributed by atoms with van der Waals surface area (Å²) < 4.78 is 0. The van der Waals surface area contributed by atoms with Crippen molar-refractivity contribution in [2.75, 3.05) is 6.54 Å². The number of rotatable bonds is 6. The van der Waals surface area contributed by atoms with Gasteiger partial charge >= 0.3 is 0 Å². The molecular weight excluding hydrogens is 297 g/mol. The number of hydrogen-bond donors (Lipinski definition) is 2. The zero-order valence-corrected chi connectivity index (χ0v) is 13.1. The molecule has 0 aliphatic carbocycles. The largest absolute Gasteiger partial charge is 0.388 e. The fourth-order valence-electron chi connectivity index (χ4n) is 1.62. The van der Waals surface area contributed by atoms with Gasteiger partial charge in [0.25, 0.3) is 0 Å². The van der Waals surface area contributed by atoms with Crippen molar-refractivity contribution in [3.8, 4) is 0 Å². The number of halogens is 2. The van der Waals surface area contributed by atoms with E-state index in [2.05, 4.69) is 5.32 Å². The third kappa shape index (κ3) is 5.16. The van der Waals surface area contributed by atoms with Gasteiger partial charge < -0.3 is 10.4 Å². The first-order valence-corrected chi connectivity index (χ1v) is 7.29. The monoisotopic (exact) mass is 315 g/mol. The second-order valence-corrected chi connectivity index (χ2v) is 5.49. The molecular formula is C15H19Cl2NO2. The molecule has 1 aromatic rings. The zero-order valence-electron chi connectivity index (χ0n) is 11.6. The van der Waals surface area contributed by atoms with Crippen LogP contribution in [0.3, 0.4) is 0 Å². The van der Waals surface area contributed by atoms with Gasteiger partial charge in [0, 0.05) is 22.7 Å². The first-order chi connectivity index (χ1) is 9.40. The maximum absolute atomic E-state index is 11.7. The third-order valence-electron chi connectivity index (χ3n) is 3.28. The molecule has 20 heavy (non-hydrogen) atoms. The molecule has 1 aromatic carbocycles. The molecule has 1 amide bonds. The van der Waals surface area contributed by atoms with Crippen molar-refractivity contribution < 1.29 is 9.90 Å². The van der Waals surface area contributed by atoms with E-state index in [0.717, 1.165) is 0 Å². The lowest BCUT2D eigenvalue weighted by Gasteiger charge is -2.24. The summed E-state index contributed by atoms with van der Waals surface area (Å²) in [4.78, 5) is 11.7. The summed E-state index contributed by atoms with van der Waals surface area (Å²) in [6, 6.07) is 5.04. The molecule has 5 heteroatoms. The highest BCUT2D eigenvalue weighted by Gasteiger charge is 2.22. The van der Waals surface area contributed by atoms with Crippen LogP contribution in [0.25, 0.3) is 6.08 Å². The second kappa shape index (κ2) is 7.67. The summed E-state index contributed by atoms with van der Waals surface area (Å²) in [6.45, 7) is 4.00. The van der Waals surface area contributed by atoms with Gasteiger partial charge in [0.1, 0.15) is 0 Å². The van der Waals surface area contributed by atoms with Crippen LogP contribution in [0.15, 0.2) is 24.3 Å². The summed E-state index contributed by atoms with van der Waals surface area (Å²) in [5.74, 6) is -0.277. The maximum atomic E-state index is 11.7. The molecule has 0 spiro atoms. The molecule has 3 nitrogen and oxygen atoms in total. The van der Waals surface area contributed by atoms with Crippen molar-refractivity contribution in [1.82, 2.24) is 5.32 Å². The first-order valence-electron chi connectivity index (χ1n) is 6.53. The van der Waals surface area contributed by atoms with E-state index >= 15 is 0 Å². The minimum atomic E-state index is -0.850. The van der Waals surface area contributed by atoms with Gasteiger partial charge in [0.2, 0.25) is 5.91 Å². The molecule has 0 fully saturated rings. The number of aliphatic hydroxyl groups is 1. The van der Waals surface area contributed by atoms with Gasteiger partial charge in [-0.3, -0.25) is 4.79 Å². The summed E-state index contributed by atoms with van der Waals surface area (Å²) in [5, 5.41) is 13.8. The van der Waals surface area contributed by atoms with Crippen molar-refractivity contribution in [2.24, 2.45) is 0 Å². The molecule has 0 saturated heterocycles. The first kappa shape index (κ1) is 17.0. The Kier molecular flexibility index (Phi) is 6.53. The number of hydrogen-bond acceptors (Lipinski definition) is 2. The van der Waals surface area contributed by atoms with Crippen LogP contribution in [0.1, 0.15) is 32.3 Å².